The van der Waals surface area contributed by atoms with E-state index in [2.05, 4.69) is 37.4 Å². The molecule has 1 aromatic rings. The highest BCUT2D eigenvalue weighted by atomic mass is 16.5. The first kappa shape index (κ1) is 13.4. The van der Waals surface area contributed by atoms with Gasteiger partial charge in [0.05, 0.1) is 7.11 Å². The van der Waals surface area contributed by atoms with Crippen LogP contribution in [0.4, 0.5) is 0 Å². The van der Waals surface area contributed by atoms with Gasteiger partial charge in [-0.05, 0) is 55.8 Å². The predicted molar refractivity (Wildman–Crippen MR) is 76.5 cm³/mol. The molecular weight excluding hydrogens is 222 g/mol. The van der Waals surface area contributed by atoms with Gasteiger partial charge in [-0.25, -0.2) is 0 Å². The van der Waals surface area contributed by atoms with E-state index in [0.717, 1.165) is 12.3 Å². The highest BCUT2D eigenvalue weighted by molar-refractivity contribution is 5.48. The minimum atomic E-state index is 0.234. The Morgan fingerprint density at radius 3 is 2.83 bits per heavy atom. The molecule has 100 valence electrons. The molecule has 0 amide bonds. The monoisotopic (exact) mass is 247 g/mol. The molecule has 1 aliphatic carbocycles. The Morgan fingerprint density at radius 1 is 1.39 bits per heavy atom. The van der Waals surface area contributed by atoms with E-state index in [-0.39, 0.29) is 5.41 Å². The molecule has 1 N–H and O–H groups in total. The molecule has 0 aromatic heterocycles. The summed E-state index contributed by atoms with van der Waals surface area (Å²) in [5, 5.41) is 3.26. The van der Waals surface area contributed by atoms with Gasteiger partial charge in [0, 0.05) is 5.56 Å². The molecule has 1 aromatic carbocycles. The summed E-state index contributed by atoms with van der Waals surface area (Å²) >= 11 is 0. The number of hydrogen-bond acceptors (Lipinski definition) is 2. The average Bonchev–Trinajstić information content (AvgIpc) is 2.37. The van der Waals surface area contributed by atoms with E-state index in [0.29, 0.717) is 5.92 Å². The second-order valence-electron chi connectivity index (χ2n) is 5.94. The molecular formula is C16H25NO. The van der Waals surface area contributed by atoms with Crippen LogP contribution in [0.1, 0.15) is 50.2 Å². The Labute approximate surface area is 111 Å². The van der Waals surface area contributed by atoms with E-state index in [4.69, 9.17) is 4.74 Å². The minimum Gasteiger partial charge on any atom is -0.496 e. The predicted octanol–water partition coefficient (Wildman–Crippen LogP) is 3.46. The van der Waals surface area contributed by atoms with Crippen LogP contribution in [0.3, 0.4) is 0 Å². The maximum atomic E-state index is 5.59. The Morgan fingerprint density at radius 2 is 2.17 bits per heavy atom. The van der Waals surface area contributed by atoms with Gasteiger partial charge in [0.15, 0.2) is 0 Å². The van der Waals surface area contributed by atoms with Gasteiger partial charge in [0.25, 0.3) is 0 Å². The lowest BCUT2D eigenvalue weighted by molar-refractivity contribution is 0.346. The molecule has 1 aliphatic rings. The van der Waals surface area contributed by atoms with Crippen molar-refractivity contribution < 1.29 is 4.74 Å². The summed E-state index contributed by atoms with van der Waals surface area (Å²) in [6, 6.07) is 6.52. The summed E-state index contributed by atoms with van der Waals surface area (Å²) in [5.74, 6) is 1.74. The molecule has 0 saturated heterocycles. The molecule has 0 aliphatic heterocycles. The zero-order chi connectivity index (χ0) is 13.2. The summed E-state index contributed by atoms with van der Waals surface area (Å²) in [5.41, 5.74) is 3.17. The Bertz CT molecular complexity index is 412. The maximum Gasteiger partial charge on any atom is 0.122 e. The van der Waals surface area contributed by atoms with Crippen LogP contribution >= 0.6 is 0 Å². The van der Waals surface area contributed by atoms with Crippen LogP contribution in [-0.4, -0.2) is 20.7 Å². The molecule has 1 atom stereocenters. The van der Waals surface area contributed by atoms with Gasteiger partial charge in [-0.15, -0.1) is 0 Å². The van der Waals surface area contributed by atoms with Gasteiger partial charge in [-0.1, -0.05) is 26.0 Å². The number of fused-ring (bicyclic) bond motifs is 1. The zero-order valence-corrected chi connectivity index (χ0v) is 12.0. The van der Waals surface area contributed by atoms with Gasteiger partial charge in [-0.2, -0.15) is 0 Å². The lowest BCUT2D eigenvalue weighted by Crippen LogP contribution is -2.28. The van der Waals surface area contributed by atoms with Crippen LogP contribution in [0.2, 0.25) is 0 Å². The first-order chi connectivity index (χ1) is 8.60. The summed E-state index contributed by atoms with van der Waals surface area (Å²) in [6.45, 7) is 5.76. The molecule has 0 spiro atoms. The summed E-state index contributed by atoms with van der Waals surface area (Å²) in [7, 11) is 3.81. The number of rotatable bonds is 4. The topological polar surface area (TPSA) is 21.3 Å². The van der Waals surface area contributed by atoms with E-state index in [1.54, 1.807) is 7.11 Å². The number of methoxy groups -OCH3 is 1. The maximum absolute atomic E-state index is 5.59. The minimum absolute atomic E-state index is 0.234. The SMILES string of the molecule is CNCCC1CCC(C)(C)c2c(OC)cccc21. The largest absolute Gasteiger partial charge is 0.496 e. The van der Waals surface area contributed by atoms with Crippen molar-refractivity contribution in [3.63, 3.8) is 0 Å². The lowest BCUT2D eigenvalue weighted by atomic mass is 9.67. The number of nitrogens with one attached hydrogen (secondary N) is 1. The zero-order valence-electron chi connectivity index (χ0n) is 12.0. The molecule has 2 nitrogen and oxygen atoms in total. The average molecular weight is 247 g/mol. The van der Waals surface area contributed by atoms with E-state index < -0.39 is 0 Å². The number of ether oxygens (including phenoxy) is 1. The molecule has 0 fully saturated rings. The van der Waals surface area contributed by atoms with Crippen molar-refractivity contribution in [1.29, 1.82) is 0 Å². The highest BCUT2D eigenvalue weighted by Crippen LogP contribution is 2.47. The van der Waals surface area contributed by atoms with Crippen molar-refractivity contribution in [1.82, 2.24) is 5.32 Å². The van der Waals surface area contributed by atoms with Gasteiger partial charge in [0.1, 0.15) is 5.75 Å². The van der Waals surface area contributed by atoms with E-state index >= 15 is 0 Å². The van der Waals surface area contributed by atoms with E-state index in [9.17, 15) is 0 Å². The van der Waals surface area contributed by atoms with Crippen molar-refractivity contribution in [3.05, 3.63) is 29.3 Å². The van der Waals surface area contributed by atoms with Crippen LogP contribution < -0.4 is 10.1 Å². The molecule has 0 bridgehead atoms. The standard InChI is InChI=1S/C16H25NO/c1-16(2)10-8-12(9-11-17-3)13-6-5-7-14(18-4)15(13)16/h5-7,12,17H,8-11H2,1-4H3. The summed E-state index contributed by atoms with van der Waals surface area (Å²) in [6.07, 6.45) is 3.75. The van der Waals surface area contributed by atoms with Gasteiger partial charge in [0.2, 0.25) is 0 Å². The molecule has 1 unspecified atom stereocenters. The van der Waals surface area contributed by atoms with E-state index in [1.807, 2.05) is 7.05 Å². The van der Waals surface area contributed by atoms with Crippen LogP contribution in [0.5, 0.6) is 5.75 Å². The molecule has 2 heteroatoms. The van der Waals surface area contributed by atoms with Gasteiger partial charge < -0.3 is 10.1 Å². The van der Waals surface area contributed by atoms with Crippen molar-refractivity contribution in [3.8, 4) is 5.75 Å². The molecule has 2 rings (SSSR count). The lowest BCUT2D eigenvalue weighted by Gasteiger charge is -2.38. The van der Waals surface area contributed by atoms with Crippen LogP contribution in [0.25, 0.3) is 0 Å². The third-order valence-electron chi connectivity index (χ3n) is 4.26. The Hall–Kier alpha value is -1.02. The summed E-state index contributed by atoms with van der Waals surface area (Å²) in [4.78, 5) is 0. The van der Waals surface area contributed by atoms with Crippen molar-refractivity contribution >= 4 is 0 Å². The molecule has 18 heavy (non-hydrogen) atoms. The van der Waals surface area contributed by atoms with Crippen LogP contribution in [0.15, 0.2) is 18.2 Å². The van der Waals surface area contributed by atoms with Gasteiger partial charge in [-0.3, -0.25) is 0 Å². The van der Waals surface area contributed by atoms with Crippen molar-refractivity contribution in [2.24, 2.45) is 0 Å². The number of hydrogen-bond donors (Lipinski definition) is 1. The van der Waals surface area contributed by atoms with Crippen molar-refractivity contribution in [2.75, 3.05) is 20.7 Å². The number of benzene rings is 1. The smallest absolute Gasteiger partial charge is 0.122 e. The van der Waals surface area contributed by atoms with Crippen LogP contribution in [0, 0.1) is 0 Å². The first-order valence-electron chi connectivity index (χ1n) is 6.92. The van der Waals surface area contributed by atoms with Gasteiger partial charge >= 0.3 is 0 Å². The highest BCUT2D eigenvalue weighted by Gasteiger charge is 2.34. The van der Waals surface area contributed by atoms with E-state index in [1.165, 1.54) is 30.4 Å². The summed E-state index contributed by atoms with van der Waals surface area (Å²) < 4.78 is 5.59. The third kappa shape index (κ3) is 2.39. The second-order valence-corrected chi connectivity index (χ2v) is 5.94. The third-order valence-corrected chi connectivity index (χ3v) is 4.26. The fourth-order valence-corrected chi connectivity index (χ4v) is 3.22. The second kappa shape index (κ2) is 5.31. The Kier molecular flexibility index (Phi) is 3.96. The molecule has 0 heterocycles. The molecule has 0 radical (unpaired) electrons. The fourth-order valence-electron chi connectivity index (χ4n) is 3.22. The Balaban J connectivity index is 2.41. The first-order valence-corrected chi connectivity index (χ1v) is 6.92. The van der Waals surface area contributed by atoms with Crippen molar-refractivity contribution in [2.45, 2.75) is 44.4 Å². The van der Waals surface area contributed by atoms with Crippen LogP contribution in [-0.2, 0) is 5.41 Å². The molecule has 0 saturated carbocycles. The fraction of sp³-hybridized carbons (Fsp3) is 0.625. The normalized spacial score (nSPS) is 21.4. The quantitative estimate of drug-likeness (QED) is 0.879.